The Morgan fingerprint density at radius 3 is 2.39 bits per heavy atom. The Balaban J connectivity index is 1.74. The molecule has 11 heteroatoms. The van der Waals surface area contributed by atoms with Gasteiger partial charge in [0, 0.05) is 5.56 Å². The Labute approximate surface area is 187 Å². The number of thioether (sulfide) groups is 1. The molecule has 31 heavy (non-hydrogen) atoms. The van der Waals surface area contributed by atoms with Crippen LogP contribution in [0.15, 0.2) is 40.0 Å². The fraction of sp³-hybridized carbons (Fsp3) is 0.250. The zero-order chi connectivity index (χ0) is 22.5. The number of benzene rings is 2. The summed E-state index contributed by atoms with van der Waals surface area (Å²) in [6.45, 7) is 1.67. The van der Waals surface area contributed by atoms with Crippen molar-refractivity contribution < 1.29 is 27.8 Å². The topological polar surface area (TPSA) is 95.7 Å². The molecule has 3 aromatic rings. The molecule has 0 bridgehead atoms. The van der Waals surface area contributed by atoms with Crippen LogP contribution in [0, 0.1) is 5.82 Å². The number of rotatable bonds is 8. The van der Waals surface area contributed by atoms with Crippen molar-refractivity contribution in [1.82, 2.24) is 10.2 Å². The summed E-state index contributed by atoms with van der Waals surface area (Å²) in [5.74, 6) is 0.687. The van der Waals surface area contributed by atoms with Crippen LogP contribution in [0.3, 0.4) is 0 Å². The number of anilines is 1. The van der Waals surface area contributed by atoms with Crippen LogP contribution < -0.4 is 19.5 Å². The molecule has 1 heterocycles. The Morgan fingerprint density at radius 2 is 1.81 bits per heavy atom. The summed E-state index contributed by atoms with van der Waals surface area (Å²) in [5.41, 5.74) is 0.869. The number of hydrogen-bond acceptors (Lipinski definition) is 8. The van der Waals surface area contributed by atoms with Crippen molar-refractivity contribution in [2.24, 2.45) is 0 Å². The number of nitrogens with zero attached hydrogens (tertiary/aromatic N) is 2. The van der Waals surface area contributed by atoms with E-state index >= 15 is 0 Å². The van der Waals surface area contributed by atoms with Crippen molar-refractivity contribution in [1.29, 1.82) is 0 Å². The van der Waals surface area contributed by atoms with Gasteiger partial charge in [0.05, 0.1) is 37.3 Å². The number of carbonyl (C=O) groups is 1. The van der Waals surface area contributed by atoms with E-state index in [1.54, 1.807) is 19.1 Å². The minimum Gasteiger partial charge on any atom is -0.493 e. The summed E-state index contributed by atoms with van der Waals surface area (Å²) in [5, 5.41) is 10.4. The standard InChI is InChI=1S/C20H19ClFN3O5S/c1-10(18(26)23-14-6-5-12(22)9-13(14)21)31-20-25-24-19(30-20)11-7-15(27-2)17(29-4)16(8-11)28-3/h5-10H,1-4H3,(H,23,26). The van der Waals surface area contributed by atoms with E-state index in [1.807, 2.05) is 0 Å². The van der Waals surface area contributed by atoms with Gasteiger partial charge in [-0.05, 0) is 37.3 Å². The van der Waals surface area contributed by atoms with Crippen LogP contribution in [0.4, 0.5) is 10.1 Å². The van der Waals surface area contributed by atoms with Crippen molar-refractivity contribution in [3.63, 3.8) is 0 Å². The molecule has 0 saturated carbocycles. The maximum Gasteiger partial charge on any atom is 0.277 e. The second-order valence-electron chi connectivity index (χ2n) is 6.16. The SMILES string of the molecule is COc1cc(-c2nnc(SC(C)C(=O)Nc3ccc(F)cc3Cl)o2)cc(OC)c1OC. The number of ether oxygens (including phenoxy) is 3. The van der Waals surface area contributed by atoms with Gasteiger partial charge in [-0.3, -0.25) is 4.79 Å². The van der Waals surface area contributed by atoms with E-state index in [0.717, 1.165) is 17.8 Å². The summed E-state index contributed by atoms with van der Waals surface area (Å²) in [4.78, 5) is 12.4. The molecule has 0 aliphatic rings. The summed E-state index contributed by atoms with van der Waals surface area (Å²) in [6, 6.07) is 7.08. The van der Waals surface area contributed by atoms with Gasteiger partial charge in [-0.1, -0.05) is 23.4 Å². The molecule has 1 aromatic heterocycles. The summed E-state index contributed by atoms with van der Waals surface area (Å²) < 4.78 is 34.8. The zero-order valence-electron chi connectivity index (χ0n) is 17.1. The van der Waals surface area contributed by atoms with Crippen molar-refractivity contribution in [3.8, 4) is 28.7 Å². The lowest BCUT2D eigenvalue weighted by Gasteiger charge is -2.12. The number of halogens is 2. The summed E-state index contributed by atoms with van der Waals surface area (Å²) in [7, 11) is 4.51. The van der Waals surface area contributed by atoms with Crippen LogP contribution >= 0.6 is 23.4 Å². The molecule has 1 amide bonds. The quantitative estimate of drug-likeness (QED) is 0.477. The minimum atomic E-state index is -0.589. The van der Waals surface area contributed by atoms with Crippen LogP contribution in [0.2, 0.25) is 5.02 Å². The molecule has 3 rings (SSSR count). The van der Waals surface area contributed by atoms with Crippen molar-refractivity contribution in [2.75, 3.05) is 26.6 Å². The lowest BCUT2D eigenvalue weighted by Crippen LogP contribution is -2.22. The van der Waals surface area contributed by atoms with Crippen LogP contribution in [0.5, 0.6) is 17.2 Å². The van der Waals surface area contributed by atoms with Crippen LogP contribution in [-0.4, -0.2) is 42.7 Å². The molecule has 1 N–H and O–H groups in total. The smallest absolute Gasteiger partial charge is 0.277 e. The van der Waals surface area contributed by atoms with Gasteiger partial charge in [0.15, 0.2) is 11.5 Å². The predicted octanol–water partition coefficient (Wildman–Crippen LogP) is 4.67. The molecule has 0 aliphatic heterocycles. The Kier molecular flexibility index (Phi) is 7.24. The molecule has 0 radical (unpaired) electrons. The van der Waals surface area contributed by atoms with E-state index in [1.165, 1.54) is 33.5 Å². The molecule has 1 unspecified atom stereocenters. The molecule has 8 nitrogen and oxygen atoms in total. The van der Waals surface area contributed by atoms with Gasteiger partial charge in [0.1, 0.15) is 5.82 Å². The van der Waals surface area contributed by atoms with Crippen molar-refractivity contribution in [2.45, 2.75) is 17.4 Å². The van der Waals surface area contributed by atoms with E-state index in [4.69, 9.17) is 30.2 Å². The highest BCUT2D eigenvalue weighted by atomic mass is 35.5. The van der Waals surface area contributed by atoms with Gasteiger partial charge in [0.2, 0.25) is 17.5 Å². The first kappa shape index (κ1) is 22.7. The zero-order valence-corrected chi connectivity index (χ0v) is 18.6. The fourth-order valence-electron chi connectivity index (χ4n) is 2.61. The van der Waals surface area contributed by atoms with E-state index in [-0.39, 0.29) is 22.0 Å². The largest absolute Gasteiger partial charge is 0.493 e. The lowest BCUT2D eigenvalue weighted by atomic mass is 10.2. The van der Waals surface area contributed by atoms with Gasteiger partial charge in [0.25, 0.3) is 5.22 Å². The number of aromatic nitrogens is 2. The van der Waals surface area contributed by atoms with Crippen molar-refractivity contribution in [3.05, 3.63) is 41.2 Å². The van der Waals surface area contributed by atoms with E-state index in [2.05, 4.69) is 15.5 Å². The minimum absolute atomic E-state index is 0.105. The monoisotopic (exact) mass is 467 g/mol. The highest BCUT2D eigenvalue weighted by Crippen LogP contribution is 2.41. The molecular formula is C20H19ClFN3O5S. The average molecular weight is 468 g/mol. The Bertz CT molecular complexity index is 1070. The van der Waals surface area contributed by atoms with Crippen LogP contribution in [-0.2, 0) is 4.79 Å². The maximum atomic E-state index is 13.2. The van der Waals surface area contributed by atoms with E-state index in [0.29, 0.717) is 28.5 Å². The van der Waals surface area contributed by atoms with E-state index in [9.17, 15) is 9.18 Å². The highest BCUT2D eigenvalue weighted by Gasteiger charge is 2.21. The summed E-state index contributed by atoms with van der Waals surface area (Å²) >= 11 is 7.02. The van der Waals surface area contributed by atoms with Gasteiger partial charge < -0.3 is 23.9 Å². The third-order valence-corrected chi connectivity index (χ3v) is 5.40. The molecule has 1 atom stereocenters. The van der Waals surface area contributed by atoms with Crippen LogP contribution in [0.25, 0.3) is 11.5 Å². The number of hydrogen-bond donors (Lipinski definition) is 1. The third-order valence-electron chi connectivity index (χ3n) is 4.15. The first-order valence-electron chi connectivity index (χ1n) is 8.92. The number of amides is 1. The molecular weight excluding hydrogens is 449 g/mol. The molecule has 0 saturated heterocycles. The first-order valence-corrected chi connectivity index (χ1v) is 10.2. The van der Waals surface area contributed by atoms with Gasteiger partial charge in [-0.25, -0.2) is 4.39 Å². The second kappa shape index (κ2) is 9.88. The highest BCUT2D eigenvalue weighted by molar-refractivity contribution is 8.00. The average Bonchev–Trinajstić information content (AvgIpc) is 3.22. The van der Waals surface area contributed by atoms with E-state index < -0.39 is 11.1 Å². The normalized spacial score (nSPS) is 11.7. The Morgan fingerprint density at radius 1 is 1.13 bits per heavy atom. The van der Waals surface area contributed by atoms with Crippen molar-refractivity contribution >= 4 is 35.0 Å². The first-order chi connectivity index (χ1) is 14.9. The molecule has 0 aliphatic carbocycles. The number of methoxy groups -OCH3 is 3. The Hall–Kier alpha value is -2.98. The fourth-order valence-corrected chi connectivity index (χ4v) is 3.51. The van der Waals surface area contributed by atoms with Gasteiger partial charge in [-0.15, -0.1) is 10.2 Å². The second-order valence-corrected chi connectivity index (χ2v) is 7.86. The number of carbonyl (C=O) groups excluding carboxylic acids is 1. The van der Waals surface area contributed by atoms with Crippen LogP contribution in [0.1, 0.15) is 6.92 Å². The molecule has 0 spiro atoms. The lowest BCUT2D eigenvalue weighted by molar-refractivity contribution is -0.115. The third kappa shape index (κ3) is 5.20. The maximum absolute atomic E-state index is 13.2. The van der Waals surface area contributed by atoms with Gasteiger partial charge in [-0.2, -0.15) is 0 Å². The predicted molar refractivity (Wildman–Crippen MR) is 115 cm³/mol. The molecule has 0 fully saturated rings. The molecule has 164 valence electrons. The molecule has 2 aromatic carbocycles. The van der Waals surface area contributed by atoms with Gasteiger partial charge >= 0.3 is 0 Å². The number of nitrogens with one attached hydrogen (secondary N) is 1. The summed E-state index contributed by atoms with van der Waals surface area (Å²) in [6.07, 6.45) is 0.